The molecule has 0 heterocycles. The minimum absolute atomic E-state index is 0. The summed E-state index contributed by atoms with van der Waals surface area (Å²) >= 11 is 0. The molecule has 6 heteroatoms. The lowest BCUT2D eigenvalue weighted by Gasteiger charge is -2.31. The van der Waals surface area contributed by atoms with Crippen molar-refractivity contribution in [2.24, 2.45) is 16.8 Å². The molecule has 0 aromatic heterocycles. The second-order valence-electron chi connectivity index (χ2n) is 6.93. The molecule has 5 nitrogen and oxygen atoms in total. The molecule has 0 aromatic rings. The highest BCUT2D eigenvalue weighted by Crippen LogP contribution is 2.29. The molecule has 0 bridgehead atoms. The summed E-state index contributed by atoms with van der Waals surface area (Å²) in [7, 11) is 3.54. The fraction of sp³-hybridized carbons (Fsp3) is 0.875. The minimum Gasteiger partial charge on any atom is -0.353 e. The first-order valence-corrected chi connectivity index (χ1v) is 8.25. The van der Waals surface area contributed by atoms with E-state index in [1.54, 1.807) is 19.0 Å². The van der Waals surface area contributed by atoms with Gasteiger partial charge in [-0.25, -0.2) is 4.99 Å². The Bertz CT molecular complexity index is 400. The zero-order valence-corrected chi connectivity index (χ0v) is 16.6. The number of rotatable bonds is 4. The van der Waals surface area contributed by atoms with Crippen LogP contribution in [0.3, 0.4) is 0 Å². The van der Waals surface area contributed by atoms with Crippen molar-refractivity contribution in [1.82, 2.24) is 15.5 Å². The molecule has 128 valence electrons. The van der Waals surface area contributed by atoms with Gasteiger partial charge in [0.05, 0.1) is 0 Å². The van der Waals surface area contributed by atoms with Gasteiger partial charge in [0.1, 0.15) is 6.54 Å². The fourth-order valence-corrected chi connectivity index (χ4v) is 2.83. The normalized spacial score (nSPS) is 31.0. The van der Waals surface area contributed by atoms with Crippen molar-refractivity contribution >= 4 is 35.8 Å². The van der Waals surface area contributed by atoms with Gasteiger partial charge in [0.15, 0.2) is 5.96 Å². The number of carbonyl (C=O) groups is 1. The maximum atomic E-state index is 11.7. The summed E-state index contributed by atoms with van der Waals surface area (Å²) in [6, 6.07) is 0.998. The molecule has 1 amide bonds. The summed E-state index contributed by atoms with van der Waals surface area (Å²) in [5.41, 5.74) is 0. The lowest BCUT2D eigenvalue weighted by atomic mass is 9.86. The van der Waals surface area contributed by atoms with Crippen LogP contribution in [0.25, 0.3) is 0 Å². The van der Waals surface area contributed by atoms with Gasteiger partial charge in [0, 0.05) is 26.2 Å². The van der Waals surface area contributed by atoms with Crippen LogP contribution in [-0.4, -0.2) is 49.5 Å². The predicted octanol–water partition coefficient (Wildman–Crippen LogP) is 2.21. The molecule has 2 saturated carbocycles. The highest BCUT2D eigenvalue weighted by atomic mass is 127. The van der Waals surface area contributed by atoms with Crippen LogP contribution in [0.4, 0.5) is 0 Å². The first-order valence-electron chi connectivity index (χ1n) is 8.25. The van der Waals surface area contributed by atoms with Crippen LogP contribution in [0, 0.1) is 11.8 Å². The van der Waals surface area contributed by atoms with Crippen LogP contribution < -0.4 is 10.6 Å². The Labute approximate surface area is 151 Å². The van der Waals surface area contributed by atoms with Crippen LogP contribution in [0.15, 0.2) is 4.99 Å². The smallest absolute Gasteiger partial charge is 0.243 e. The number of hydrogen-bond donors (Lipinski definition) is 2. The summed E-state index contributed by atoms with van der Waals surface area (Å²) in [5.74, 6) is 2.24. The summed E-state index contributed by atoms with van der Waals surface area (Å²) in [6.45, 7) is 4.76. The van der Waals surface area contributed by atoms with Gasteiger partial charge in [0.25, 0.3) is 0 Å². The molecule has 22 heavy (non-hydrogen) atoms. The van der Waals surface area contributed by atoms with E-state index >= 15 is 0 Å². The number of amides is 1. The van der Waals surface area contributed by atoms with E-state index in [2.05, 4.69) is 29.5 Å². The molecule has 0 radical (unpaired) electrons. The third kappa shape index (κ3) is 5.93. The molecule has 2 fully saturated rings. The van der Waals surface area contributed by atoms with Gasteiger partial charge in [-0.2, -0.15) is 0 Å². The highest BCUT2D eigenvalue weighted by molar-refractivity contribution is 14.0. The lowest BCUT2D eigenvalue weighted by Crippen LogP contribution is -2.48. The number of nitrogens with one attached hydrogen (secondary N) is 2. The largest absolute Gasteiger partial charge is 0.353 e. The Kier molecular flexibility index (Phi) is 7.93. The third-order valence-electron chi connectivity index (χ3n) is 4.74. The van der Waals surface area contributed by atoms with Gasteiger partial charge in [0.2, 0.25) is 5.91 Å². The lowest BCUT2D eigenvalue weighted by molar-refractivity contribution is -0.127. The number of carbonyl (C=O) groups excluding carboxylic acids is 1. The van der Waals surface area contributed by atoms with Gasteiger partial charge in [-0.1, -0.05) is 26.7 Å². The van der Waals surface area contributed by atoms with Crippen LogP contribution in [0.2, 0.25) is 0 Å². The summed E-state index contributed by atoms with van der Waals surface area (Å²) in [4.78, 5) is 17.8. The molecule has 4 unspecified atom stereocenters. The number of aliphatic imine (C=N–C) groups is 1. The Balaban J connectivity index is 0.00000242. The van der Waals surface area contributed by atoms with Crippen molar-refractivity contribution in [2.75, 3.05) is 20.6 Å². The minimum atomic E-state index is 0. The van der Waals surface area contributed by atoms with Crippen molar-refractivity contribution in [3.63, 3.8) is 0 Å². The first kappa shape index (κ1) is 19.5. The Hall–Kier alpha value is -0.530. The summed E-state index contributed by atoms with van der Waals surface area (Å²) < 4.78 is 0. The van der Waals surface area contributed by atoms with Crippen molar-refractivity contribution in [3.8, 4) is 0 Å². The number of nitrogens with zero attached hydrogens (tertiary/aromatic N) is 2. The molecule has 0 spiro atoms. The van der Waals surface area contributed by atoms with E-state index in [4.69, 9.17) is 0 Å². The molecule has 2 aliphatic rings. The number of likely N-dealkylation sites (N-methyl/N-ethyl adjacent to an activating group) is 1. The predicted molar refractivity (Wildman–Crippen MR) is 102 cm³/mol. The van der Waals surface area contributed by atoms with Gasteiger partial charge < -0.3 is 15.5 Å². The SMILES string of the molecule is CC1CCCCC1NC(=NCC(=O)N(C)C)NC1CC1C.I. The van der Waals surface area contributed by atoms with Gasteiger partial charge >= 0.3 is 0 Å². The van der Waals surface area contributed by atoms with E-state index in [0.717, 1.165) is 5.96 Å². The van der Waals surface area contributed by atoms with Gasteiger partial charge in [-0.3, -0.25) is 4.79 Å². The first-order chi connectivity index (χ1) is 9.97. The van der Waals surface area contributed by atoms with E-state index in [1.165, 1.54) is 32.1 Å². The molecule has 2 rings (SSSR count). The van der Waals surface area contributed by atoms with Crippen molar-refractivity contribution in [3.05, 3.63) is 0 Å². The molecule has 2 N–H and O–H groups in total. The average Bonchev–Trinajstić information content (AvgIpc) is 3.13. The number of halogens is 1. The van der Waals surface area contributed by atoms with Gasteiger partial charge in [-0.05, 0) is 31.1 Å². The second-order valence-corrected chi connectivity index (χ2v) is 6.93. The van der Waals surface area contributed by atoms with Crippen LogP contribution in [0.1, 0.15) is 46.0 Å². The monoisotopic (exact) mass is 422 g/mol. The Morgan fingerprint density at radius 2 is 1.68 bits per heavy atom. The Morgan fingerprint density at radius 3 is 2.23 bits per heavy atom. The van der Waals surface area contributed by atoms with E-state index in [9.17, 15) is 4.79 Å². The Morgan fingerprint density at radius 1 is 1.09 bits per heavy atom. The maximum Gasteiger partial charge on any atom is 0.243 e. The van der Waals surface area contributed by atoms with Crippen LogP contribution >= 0.6 is 24.0 Å². The van der Waals surface area contributed by atoms with Crippen LogP contribution in [-0.2, 0) is 4.79 Å². The number of guanidine groups is 1. The highest BCUT2D eigenvalue weighted by Gasteiger charge is 2.34. The van der Waals surface area contributed by atoms with Crippen LogP contribution in [0.5, 0.6) is 0 Å². The van der Waals surface area contributed by atoms with Crippen molar-refractivity contribution in [1.29, 1.82) is 0 Å². The maximum absolute atomic E-state index is 11.7. The van der Waals surface area contributed by atoms with E-state index in [-0.39, 0.29) is 36.4 Å². The standard InChI is InChI=1S/C16H30N4O.HI/c1-11-7-5-6-8-13(11)18-16(19-14-9-12(14)2)17-10-15(21)20(3)4;/h11-14H,5-10H2,1-4H3,(H2,17,18,19);1H. The van der Waals surface area contributed by atoms with E-state index in [1.807, 2.05) is 0 Å². The average molecular weight is 422 g/mol. The zero-order chi connectivity index (χ0) is 15.4. The fourth-order valence-electron chi connectivity index (χ4n) is 2.83. The summed E-state index contributed by atoms with van der Waals surface area (Å²) in [5, 5.41) is 7.03. The zero-order valence-electron chi connectivity index (χ0n) is 14.3. The molecule has 0 saturated heterocycles. The van der Waals surface area contributed by atoms with E-state index in [0.29, 0.717) is 23.9 Å². The second kappa shape index (κ2) is 8.93. The molecule has 0 aliphatic heterocycles. The topological polar surface area (TPSA) is 56.7 Å². The quantitative estimate of drug-likeness (QED) is 0.415. The number of hydrogen-bond acceptors (Lipinski definition) is 2. The van der Waals surface area contributed by atoms with Crippen molar-refractivity contribution < 1.29 is 4.79 Å². The molecule has 0 aromatic carbocycles. The molecular weight excluding hydrogens is 391 g/mol. The molecule has 4 atom stereocenters. The summed E-state index contributed by atoms with van der Waals surface area (Å²) in [6.07, 6.45) is 6.29. The van der Waals surface area contributed by atoms with Crippen molar-refractivity contribution in [2.45, 2.75) is 58.0 Å². The molecular formula is C16H31IN4O. The third-order valence-corrected chi connectivity index (χ3v) is 4.74. The van der Waals surface area contributed by atoms with Gasteiger partial charge in [-0.15, -0.1) is 24.0 Å². The van der Waals surface area contributed by atoms with E-state index < -0.39 is 0 Å². The molecule has 2 aliphatic carbocycles.